The van der Waals surface area contributed by atoms with Crippen molar-refractivity contribution in [2.75, 3.05) is 6.54 Å². The van der Waals surface area contributed by atoms with E-state index >= 15 is 0 Å². The van der Waals surface area contributed by atoms with Gasteiger partial charge < -0.3 is 10.0 Å². The Kier molecular flexibility index (Phi) is 7.77. The molecule has 0 spiro atoms. The highest BCUT2D eigenvalue weighted by atomic mass is 32.2. The van der Waals surface area contributed by atoms with Crippen LogP contribution in [0.2, 0.25) is 0 Å². The number of halogens is 8. The van der Waals surface area contributed by atoms with Crippen molar-refractivity contribution in [3.63, 3.8) is 0 Å². The van der Waals surface area contributed by atoms with Crippen molar-refractivity contribution < 1.29 is 58.2 Å². The van der Waals surface area contributed by atoms with Crippen molar-refractivity contribution in [3.05, 3.63) is 59.2 Å². The van der Waals surface area contributed by atoms with Gasteiger partial charge in [-0.05, 0) is 74.8 Å². The highest BCUT2D eigenvalue weighted by molar-refractivity contribution is 7.92. The van der Waals surface area contributed by atoms with Crippen LogP contribution in [0, 0.1) is 17.7 Å². The second-order valence-electron chi connectivity index (χ2n) is 11.4. The van der Waals surface area contributed by atoms with Crippen molar-refractivity contribution in [2.45, 2.75) is 78.7 Å². The molecule has 2 aromatic rings. The van der Waals surface area contributed by atoms with E-state index in [-0.39, 0.29) is 63.1 Å². The number of amides is 1. The zero-order chi connectivity index (χ0) is 32.5. The van der Waals surface area contributed by atoms with Crippen LogP contribution in [-0.4, -0.2) is 60.2 Å². The summed E-state index contributed by atoms with van der Waals surface area (Å²) in [4.78, 5) is 29.3. The van der Waals surface area contributed by atoms with Crippen molar-refractivity contribution >= 4 is 21.7 Å². The first-order valence-electron chi connectivity index (χ1n) is 13.7. The van der Waals surface area contributed by atoms with Crippen LogP contribution in [0.5, 0.6) is 0 Å². The standard InChI is InChI=1S/C28H26F8N2O5S/c29-17-2-1-3-18(14-17)44(42,43)25-12-13-38(23(39)15-4-6-16(7-5-15)24(40)41)22(25)11-9-20-19(25)8-10-21(37-20)26(30,27(31,32)33)28(34,35)36/h1-3,8,10,14-16,22H,4-7,9,11-13H2,(H,40,41). The third kappa shape index (κ3) is 4.74. The van der Waals surface area contributed by atoms with Crippen molar-refractivity contribution in [2.24, 2.45) is 11.8 Å². The van der Waals surface area contributed by atoms with Crippen LogP contribution in [0.4, 0.5) is 35.1 Å². The van der Waals surface area contributed by atoms with Gasteiger partial charge in [0.15, 0.2) is 9.84 Å². The molecule has 1 aromatic carbocycles. The lowest BCUT2D eigenvalue weighted by atomic mass is 9.79. The van der Waals surface area contributed by atoms with Gasteiger partial charge in [-0.25, -0.2) is 17.2 Å². The minimum absolute atomic E-state index is 0.155. The molecule has 3 aliphatic rings. The first-order chi connectivity index (χ1) is 20.4. The molecule has 2 unspecified atom stereocenters. The molecule has 2 atom stereocenters. The van der Waals surface area contributed by atoms with Gasteiger partial charge in [-0.2, -0.15) is 26.3 Å². The minimum atomic E-state index is -6.44. The number of hydrogen-bond donors (Lipinski definition) is 1. The Morgan fingerprint density at radius 3 is 2.09 bits per heavy atom. The number of hydrogen-bond acceptors (Lipinski definition) is 5. The Labute approximate surface area is 246 Å². The van der Waals surface area contributed by atoms with Crippen molar-refractivity contribution in [1.29, 1.82) is 0 Å². The molecule has 2 aliphatic carbocycles. The molecule has 0 bridgehead atoms. The summed E-state index contributed by atoms with van der Waals surface area (Å²) in [7, 11) is -4.71. The van der Waals surface area contributed by atoms with Gasteiger partial charge in [-0.3, -0.25) is 14.6 Å². The van der Waals surface area contributed by atoms with E-state index in [0.29, 0.717) is 6.07 Å². The van der Waals surface area contributed by atoms with Gasteiger partial charge >= 0.3 is 24.0 Å². The van der Waals surface area contributed by atoms with E-state index < -0.39 is 84.5 Å². The number of carboxylic acids is 1. The van der Waals surface area contributed by atoms with Crippen LogP contribution < -0.4 is 0 Å². The van der Waals surface area contributed by atoms with E-state index in [4.69, 9.17) is 0 Å². The number of rotatable bonds is 5. The predicted molar refractivity (Wildman–Crippen MR) is 136 cm³/mol. The summed E-state index contributed by atoms with van der Waals surface area (Å²) in [6.07, 6.45) is -13.0. The van der Waals surface area contributed by atoms with Crippen molar-refractivity contribution in [3.8, 4) is 0 Å². The van der Waals surface area contributed by atoms with Gasteiger partial charge in [0.2, 0.25) is 5.91 Å². The fraction of sp³-hybridized carbons (Fsp3) is 0.536. The van der Waals surface area contributed by atoms with Gasteiger partial charge in [0.1, 0.15) is 10.6 Å². The van der Waals surface area contributed by atoms with E-state index in [1.165, 1.54) is 4.90 Å². The summed E-state index contributed by atoms with van der Waals surface area (Å²) < 4.78 is 137. The molecule has 7 nitrogen and oxygen atoms in total. The molecule has 5 rings (SSSR count). The average Bonchev–Trinajstić information content (AvgIpc) is 3.36. The lowest BCUT2D eigenvalue weighted by Gasteiger charge is -2.43. The van der Waals surface area contributed by atoms with E-state index in [1.807, 2.05) is 0 Å². The van der Waals surface area contributed by atoms with Crippen LogP contribution in [0.25, 0.3) is 0 Å². The van der Waals surface area contributed by atoms with Gasteiger partial charge in [-0.1, -0.05) is 12.1 Å². The third-order valence-electron chi connectivity index (χ3n) is 9.15. The zero-order valence-electron chi connectivity index (χ0n) is 22.8. The zero-order valence-corrected chi connectivity index (χ0v) is 23.6. The number of carboxylic acid groups (broad SMARTS) is 1. The normalized spacial score (nSPS) is 26.2. The van der Waals surface area contributed by atoms with Gasteiger partial charge in [-0.15, -0.1) is 0 Å². The van der Waals surface area contributed by atoms with E-state index in [0.717, 1.165) is 24.3 Å². The number of alkyl halides is 7. The second-order valence-corrected chi connectivity index (χ2v) is 13.6. The first-order valence-corrected chi connectivity index (χ1v) is 15.2. The summed E-state index contributed by atoms with van der Waals surface area (Å²) in [5, 5.41) is 9.29. The Bertz CT molecular complexity index is 1570. The maximum atomic E-state index is 14.9. The third-order valence-corrected chi connectivity index (χ3v) is 11.7. The molecule has 1 saturated carbocycles. The minimum Gasteiger partial charge on any atom is -0.481 e. The maximum absolute atomic E-state index is 14.9. The topological polar surface area (TPSA) is 105 Å². The fourth-order valence-corrected chi connectivity index (χ4v) is 9.33. The van der Waals surface area contributed by atoms with Gasteiger partial charge in [0.05, 0.1) is 22.5 Å². The smallest absolute Gasteiger partial charge is 0.437 e. The Morgan fingerprint density at radius 1 is 0.909 bits per heavy atom. The number of pyridine rings is 1. The number of aromatic nitrogens is 1. The quantitative estimate of drug-likeness (QED) is 0.420. The number of carbonyl (C=O) groups excluding carboxylic acids is 1. The Morgan fingerprint density at radius 2 is 1.52 bits per heavy atom. The monoisotopic (exact) mass is 654 g/mol. The van der Waals surface area contributed by atoms with Crippen LogP contribution >= 0.6 is 0 Å². The van der Waals surface area contributed by atoms with Gasteiger partial charge in [0.25, 0.3) is 0 Å². The molecular weight excluding hydrogens is 628 g/mol. The van der Waals surface area contributed by atoms with Crippen LogP contribution in [-0.2, 0) is 36.3 Å². The van der Waals surface area contributed by atoms with Crippen molar-refractivity contribution in [1.82, 2.24) is 9.88 Å². The van der Waals surface area contributed by atoms with Crippen LogP contribution in [0.1, 0.15) is 55.5 Å². The number of likely N-dealkylation sites (tertiary alicyclic amines) is 1. The first kappa shape index (κ1) is 32.1. The summed E-state index contributed by atoms with van der Waals surface area (Å²) in [5.41, 5.74) is -8.65. The van der Waals surface area contributed by atoms with E-state index in [2.05, 4.69) is 4.98 Å². The lowest BCUT2D eigenvalue weighted by molar-refractivity contribution is -0.350. The molecule has 0 radical (unpaired) electrons. The molecule has 1 amide bonds. The molecule has 16 heteroatoms. The highest BCUT2D eigenvalue weighted by Crippen LogP contribution is 2.56. The number of fused-ring (bicyclic) bond motifs is 3. The van der Waals surface area contributed by atoms with Crippen LogP contribution in [0.15, 0.2) is 41.3 Å². The Hall–Kier alpha value is -3.30. The number of aryl methyl sites for hydroxylation is 1. The molecule has 2 heterocycles. The number of carbonyl (C=O) groups is 2. The number of sulfone groups is 1. The van der Waals surface area contributed by atoms with E-state index in [9.17, 15) is 58.2 Å². The summed E-state index contributed by atoms with van der Waals surface area (Å²) in [5.74, 6) is -3.66. The molecule has 240 valence electrons. The molecule has 2 fully saturated rings. The maximum Gasteiger partial charge on any atom is 0.437 e. The van der Waals surface area contributed by atoms with Gasteiger partial charge in [0, 0.05) is 18.2 Å². The number of aliphatic carboxylic acids is 1. The molecule has 1 aliphatic heterocycles. The predicted octanol–water partition coefficient (Wildman–Crippen LogP) is 5.62. The summed E-state index contributed by atoms with van der Waals surface area (Å²) in [6, 6.07) is 3.56. The number of nitrogens with zero attached hydrogens (tertiary/aromatic N) is 2. The average molecular weight is 655 g/mol. The fourth-order valence-electron chi connectivity index (χ4n) is 6.95. The molecular formula is C28H26F8N2O5S. The lowest BCUT2D eigenvalue weighted by Crippen LogP contribution is -2.54. The highest BCUT2D eigenvalue weighted by Gasteiger charge is 2.75. The molecule has 44 heavy (non-hydrogen) atoms. The molecule has 1 saturated heterocycles. The molecule has 1 N–H and O–H groups in total. The number of benzene rings is 1. The summed E-state index contributed by atoms with van der Waals surface area (Å²) in [6.45, 7) is -0.170. The second kappa shape index (κ2) is 10.7. The molecule has 1 aromatic heterocycles. The SMILES string of the molecule is O=C(O)C1CCC(C(=O)N2CCC3(S(=O)(=O)c4cccc(F)c4)c4ccc(C(F)(C(F)(F)F)C(F)(F)F)nc4CCC23)CC1. The Balaban J connectivity index is 1.63. The largest absolute Gasteiger partial charge is 0.481 e. The summed E-state index contributed by atoms with van der Waals surface area (Å²) >= 11 is 0. The van der Waals surface area contributed by atoms with Crippen LogP contribution in [0.3, 0.4) is 0 Å². The van der Waals surface area contributed by atoms with E-state index in [1.54, 1.807) is 0 Å².